The van der Waals surface area contributed by atoms with Crippen LogP contribution in [0.25, 0.3) is 0 Å². The van der Waals surface area contributed by atoms with Crippen molar-refractivity contribution in [3.05, 3.63) is 29.8 Å². The van der Waals surface area contributed by atoms with Gasteiger partial charge in [-0.2, -0.15) is 26.3 Å². The first-order chi connectivity index (χ1) is 11.4. The van der Waals surface area contributed by atoms with E-state index in [-0.39, 0.29) is 11.3 Å². The van der Waals surface area contributed by atoms with Crippen LogP contribution >= 0.6 is 0 Å². The number of carbonyl (C=O) groups excluding carboxylic acids is 2. The van der Waals surface area contributed by atoms with E-state index in [0.717, 1.165) is 12.1 Å². The van der Waals surface area contributed by atoms with Crippen molar-refractivity contribution in [3.8, 4) is 5.75 Å². The quantitative estimate of drug-likeness (QED) is 0.751. The van der Waals surface area contributed by atoms with Crippen molar-refractivity contribution < 1.29 is 45.4 Å². The molecule has 5 nitrogen and oxygen atoms in total. The molecule has 1 fully saturated rings. The van der Waals surface area contributed by atoms with Crippen LogP contribution in [0.2, 0.25) is 0 Å². The van der Waals surface area contributed by atoms with E-state index < -0.39 is 40.9 Å². The Labute approximate surface area is 137 Å². The molecule has 0 N–H and O–H groups in total. The van der Waals surface area contributed by atoms with Crippen molar-refractivity contribution in [2.75, 3.05) is 7.11 Å². The number of benzene rings is 1. The van der Waals surface area contributed by atoms with Gasteiger partial charge in [0.2, 0.25) is 5.91 Å². The third-order valence-electron chi connectivity index (χ3n) is 3.55. The number of carbonyl (C=O) groups is 2. The minimum absolute atomic E-state index is 0.260. The molecule has 1 aromatic rings. The molecule has 0 aliphatic carbocycles. The molecule has 1 unspecified atom stereocenters. The third-order valence-corrected chi connectivity index (χ3v) is 3.55. The topological polar surface area (TPSA) is 55.8 Å². The Morgan fingerprint density at radius 2 is 1.60 bits per heavy atom. The smallest absolute Gasteiger partial charge is 0.447 e. The molecule has 2 amide bonds. The Bertz CT molecular complexity index is 668. The number of imide groups is 1. The van der Waals surface area contributed by atoms with Crippen molar-refractivity contribution >= 4 is 11.8 Å². The summed E-state index contributed by atoms with van der Waals surface area (Å²) in [5, 5.41) is 0. The van der Waals surface area contributed by atoms with Crippen LogP contribution in [-0.4, -0.2) is 41.9 Å². The molecular weight excluding hydrogens is 360 g/mol. The van der Waals surface area contributed by atoms with Crippen LogP contribution in [0.3, 0.4) is 0 Å². The van der Waals surface area contributed by atoms with E-state index in [4.69, 9.17) is 4.74 Å². The van der Waals surface area contributed by atoms with Gasteiger partial charge in [0, 0.05) is 6.92 Å². The highest BCUT2D eigenvalue weighted by Gasteiger charge is 2.82. The van der Waals surface area contributed by atoms with Gasteiger partial charge in [0.15, 0.2) is 6.10 Å². The number of hydrogen-bond acceptors (Lipinski definition) is 4. The van der Waals surface area contributed by atoms with Gasteiger partial charge in [-0.05, 0) is 17.7 Å². The standard InChI is InChI=1S/C14H11F6NO4/c1-7(22)21-11(23)10(8-3-5-9(24-2)6-4-8)25-12(21,13(15,16)17)14(18,19)20/h3-6,10H,1-2H3. The summed E-state index contributed by atoms with van der Waals surface area (Å²) in [5.41, 5.74) is -5.33. The van der Waals surface area contributed by atoms with Gasteiger partial charge in [0.25, 0.3) is 5.91 Å². The van der Waals surface area contributed by atoms with E-state index in [9.17, 15) is 35.9 Å². The number of ether oxygens (including phenoxy) is 2. The number of alkyl halides is 6. The summed E-state index contributed by atoms with van der Waals surface area (Å²) in [5.74, 6) is -3.24. The number of nitrogens with zero attached hydrogens (tertiary/aromatic N) is 1. The first-order valence-corrected chi connectivity index (χ1v) is 6.66. The van der Waals surface area contributed by atoms with E-state index >= 15 is 0 Å². The van der Waals surface area contributed by atoms with Gasteiger partial charge in [0.05, 0.1) is 7.11 Å². The average Bonchev–Trinajstić information content (AvgIpc) is 2.81. The van der Waals surface area contributed by atoms with Gasteiger partial charge in [-0.1, -0.05) is 12.1 Å². The van der Waals surface area contributed by atoms with Crippen LogP contribution in [0.15, 0.2) is 24.3 Å². The SMILES string of the molecule is COc1ccc(C2OC(C(F)(F)F)(C(F)(F)F)N(C(C)=O)C2=O)cc1. The molecule has 1 aliphatic heterocycles. The summed E-state index contributed by atoms with van der Waals surface area (Å²) in [4.78, 5) is 22.7. The second-order valence-electron chi connectivity index (χ2n) is 5.10. The lowest BCUT2D eigenvalue weighted by Gasteiger charge is -2.37. The predicted octanol–water partition coefficient (Wildman–Crippen LogP) is 2.96. The average molecular weight is 371 g/mol. The molecule has 1 saturated heterocycles. The van der Waals surface area contributed by atoms with E-state index in [1.54, 1.807) is 0 Å². The molecule has 11 heteroatoms. The van der Waals surface area contributed by atoms with Gasteiger partial charge >= 0.3 is 18.1 Å². The molecule has 25 heavy (non-hydrogen) atoms. The van der Waals surface area contributed by atoms with E-state index in [1.165, 1.54) is 19.2 Å². The highest BCUT2D eigenvalue weighted by Crippen LogP contribution is 2.54. The monoisotopic (exact) mass is 371 g/mol. The fourth-order valence-electron chi connectivity index (χ4n) is 2.46. The fourth-order valence-corrected chi connectivity index (χ4v) is 2.46. The van der Waals surface area contributed by atoms with Crippen molar-refractivity contribution in [3.63, 3.8) is 0 Å². The zero-order valence-electron chi connectivity index (χ0n) is 12.7. The van der Waals surface area contributed by atoms with Gasteiger partial charge in [-0.3, -0.25) is 9.59 Å². The van der Waals surface area contributed by atoms with Crippen LogP contribution in [0.5, 0.6) is 5.75 Å². The van der Waals surface area contributed by atoms with Gasteiger partial charge in [-0.25, -0.2) is 4.90 Å². The molecule has 0 saturated carbocycles. The lowest BCUT2D eigenvalue weighted by atomic mass is 10.1. The van der Waals surface area contributed by atoms with Crippen LogP contribution in [0.1, 0.15) is 18.6 Å². The molecule has 1 aromatic carbocycles. The van der Waals surface area contributed by atoms with Gasteiger partial charge < -0.3 is 9.47 Å². The van der Waals surface area contributed by atoms with Crippen molar-refractivity contribution in [2.45, 2.75) is 31.1 Å². The molecule has 0 radical (unpaired) electrons. The minimum atomic E-state index is -6.09. The minimum Gasteiger partial charge on any atom is -0.497 e. The molecule has 0 spiro atoms. The van der Waals surface area contributed by atoms with Crippen molar-refractivity contribution in [2.24, 2.45) is 0 Å². The lowest BCUT2D eigenvalue weighted by molar-refractivity contribution is -0.404. The number of methoxy groups -OCH3 is 1. The Kier molecular flexibility index (Phi) is 4.49. The molecule has 138 valence electrons. The Morgan fingerprint density at radius 3 is 1.92 bits per heavy atom. The third kappa shape index (κ3) is 2.81. The summed E-state index contributed by atoms with van der Waals surface area (Å²) in [6.07, 6.45) is -14.4. The summed E-state index contributed by atoms with van der Waals surface area (Å²) in [7, 11) is 1.29. The maximum atomic E-state index is 13.3. The van der Waals surface area contributed by atoms with E-state index in [0.29, 0.717) is 6.92 Å². The molecule has 1 atom stereocenters. The summed E-state index contributed by atoms with van der Waals surface area (Å²) in [6.45, 7) is 0.421. The van der Waals surface area contributed by atoms with E-state index in [1.807, 2.05) is 0 Å². The van der Waals surface area contributed by atoms with Crippen LogP contribution in [-0.2, 0) is 14.3 Å². The lowest BCUT2D eigenvalue weighted by Crippen LogP contribution is -2.67. The zero-order valence-corrected chi connectivity index (χ0v) is 12.7. The molecule has 0 aromatic heterocycles. The van der Waals surface area contributed by atoms with E-state index in [2.05, 4.69) is 4.74 Å². The number of amides is 2. The number of halogens is 6. The van der Waals surface area contributed by atoms with Crippen LogP contribution in [0.4, 0.5) is 26.3 Å². The largest absolute Gasteiger partial charge is 0.497 e. The first-order valence-electron chi connectivity index (χ1n) is 6.66. The Morgan fingerprint density at radius 1 is 1.12 bits per heavy atom. The molecule has 1 aliphatic rings. The number of hydrogen-bond donors (Lipinski definition) is 0. The zero-order chi connectivity index (χ0) is 19.2. The van der Waals surface area contributed by atoms with Crippen molar-refractivity contribution in [1.29, 1.82) is 0 Å². The fraction of sp³-hybridized carbons (Fsp3) is 0.429. The molecule has 1 heterocycles. The second kappa shape index (κ2) is 5.90. The molecule has 0 bridgehead atoms. The van der Waals surface area contributed by atoms with Crippen LogP contribution in [0, 0.1) is 0 Å². The maximum Gasteiger partial charge on any atom is 0.447 e. The highest BCUT2D eigenvalue weighted by molar-refractivity contribution is 5.99. The first kappa shape index (κ1) is 19.0. The Balaban J connectivity index is 2.61. The number of rotatable bonds is 2. The normalized spacial score (nSPS) is 20.7. The maximum absolute atomic E-state index is 13.3. The van der Waals surface area contributed by atoms with Crippen molar-refractivity contribution in [1.82, 2.24) is 4.90 Å². The van der Waals surface area contributed by atoms with Crippen LogP contribution < -0.4 is 4.74 Å². The predicted molar refractivity (Wildman–Crippen MR) is 69.2 cm³/mol. The van der Waals surface area contributed by atoms with Gasteiger partial charge in [0.1, 0.15) is 5.75 Å². The highest BCUT2D eigenvalue weighted by atomic mass is 19.4. The summed E-state index contributed by atoms with van der Waals surface area (Å²) < 4.78 is 88.8. The summed E-state index contributed by atoms with van der Waals surface area (Å²) >= 11 is 0. The summed E-state index contributed by atoms with van der Waals surface area (Å²) in [6, 6.07) is 4.60. The molecular formula is C14H11F6NO4. The van der Waals surface area contributed by atoms with Gasteiger partial charge in [-0.15, -0.1) is 0 Å². The second-order valence-corrected chi connectivity index (χ2v) is 5.10. The molecule has 2 rings (SSSR count). The Hall–Kier alpha value is -2.30.